The van der Waals surface area contributed by atoms with Crippen molar-refractivity contribution in [1.82, 2.24) is 0 Å². The molecular weight excluding hydrogens is 448 g/mol. The minimum absolute atomic E-state index is 0.0458. The smallest absolute Gasteiger partial charge is 0.335 e. The molecule has 2 bridgehead atoms. The average Bonchev–Trinajstić information content (AvgIpc) is 3.22. The first-order valence-electron chi connectivity index (χ1n) is 13.3. The van der Waals surface area contributed by atoms with Gasteiger partial charge in [-0.25, -0.2) is 4.79 Å². The zero-order valence-electron chi connectivity index (χ0n) is 22.0. The first-order valence-corrected chi connectivity index (χ1v) is 13.3. The lowest BCUT2D eigenvalue weighted by molar-refractivity contribution is -0.190. The van der Waals surface area contributed by atoms with Crippen LogP contribution in [-0.4, -0.2) is 58.8 Å². The van der Waals surface area contributed by atoms with E-state index in [2.05, 4.69) is 26.5 Å². The largest absolute Gasteiger partial charge is 0.465 e. The van der Waals surface area contributed by atoms with Crippen LogP contribution in [-0.2, 0) is 23.8 Å². The van der Waals surface area contributed by atoms with Gasteiger partial charge in [0.05, 0.1) is 18.8 Å². The summed E-state index contributed by atoms with van der Waals surface area (Å²) in [4.78, 5) is 24.8. The van der Waals surface area contributed by atoms with Gasteiger partial charge in [0.1, 0.15) is 11.7 Å². The lowest BCUT2D eigenvalue weighted by Gasteiger charge is -2.44. The molecule has 2 aliphatic heterocycles. The van der Waals surface area contributed by atoms with Crippen molar-refractivity contribution in [2.24, 2.45) is 23.7 Å². The summed E-state index contributed by atoms with van der Waals surface area (Å²) in [5, 5.41) is 20.9. The number of aliphatic hydroxyl groups is 2. The third-order valence-electron chi connectivity index (χ3n) is 8.35. The second kappa shape index (κ2) is 11.6. The van der Waals surface area contributed by atoms with E-state index in [1.54, 1.807) is 6.92 Å². The molecule has 198 valence electrons. The monoisotopic (exact) mass is 492 g/mol. The Morgan fingerprint density at radius 1 is 1.34 bits per heavy atom. The van der Waals surface area contributed by atoms with Gasteiger partial charge in [-0.2, -0.15) is 0 Å². The van der Waals surface area contributed by atoms with Crippen LogP contribution in [0.2, 0.25) is 0 Å². The van der Waals surface area contributed by atoms with Crippen LogP contribution in [0, 0.1) is 23.7 Å². The maximum Gasteiger partial charge on any atom is 0.335 e. The Balaban J connectivity index is 1.96. The Hall–Kier alpha value is -1.70. The van der Waals surface area contributed by atoms with Crippen molar-refractivity contribution >= 4 is 11.9 Å². The van der Waals surface area contributed by atoms with Crippen LogP contribution in [0.25, 0.3) is 0 Å². The van der Waals surface area contributed by atoms with Crippen LogP contribution >= 0.6 is 0 Å². The fourth-order valence-corrected chi connectivity index (χ4v) is 6.20. The Morgan fingerprint density at radius 2 is 2.06 bits per heavy atom. The van der Waals surface area contributed by atoms with E-state index in [0.717, 1.165) is 18.4 Å². The second-order valence-corrected chi connectivity index (χ2v) is 11.0. The number of rotatable bonds is 8. The maximum absolute atomic E-state index is 12.8. The molecule has 0 aromatic heterocycles. The Morgan fingerprint density at radius 3 is 2.71 bits per heavy atom. The number of carbonyl (C=O) groups excluding carboxylic acids is 2. The lowest BCUT2D eigenvalue weighted by Crippen LogP contribution is -2.52. The molecule has 3 aliphatic rings. The van der Waals surface area contributed by atoms with E-state index < -0.39 is 29.9 Å². The Kier molecular flexibility index (Phi) is 9.22. The Labute approximate surface area is 209 Å². The molecule has 0 unspecified atom stereocenters. The van der Waals surface area contributed by atoms with Gasteiger partial charge in [-0.05, 0) is 69.8 Å². The summed E-state index contributed by atoms with van der Waals surface area (Å²) in [6.07, 6.45) is 3.35. The number of aliphatic hydroxyl groups excluding tert-OH is 2. The van der Waals surface area contributed by atoms with E-state index in [1.165, 1.54) is 5.57 Å². The zero-order valence-corrected chi connectivity index (χ0v) is 22.0. The van der Waals surface area contributed by atoms with Crippen molar-refractivity contribution < 1.29 is 34.0 Å². The lowest BCUT2D eigenvalue weighted by atomic mass is 9.62. The van der Waals surface area contributed by atoms with Crippen LogP contribution in [0.5, 0.6) is 0 Å². The van der Waals surface area contributed by atoms with Gasteiger partial charge in [-0.3, -0.25) is 4.79 Å². The van der Waals surface area contributed by atoms with Crippen molar-refractivity contribution in [1.29, 1.82) is 0 Å². The molecule has 0 aromatic rings. The summed E-state index contributed by atoms with van der Waals surface area (Å²) in [5.74, 6) is -0.446. The first-order chi connectivity index (χ1) is 16.5. The zero-order chi connectivity index (χ0) is 25.9. The number of hydrogen-bond acceptors (Lipinski definition) is 7. The number of hydrogen-bond donors (Lipinski definition) is 2. The van der Waals surface area contributed by atoms with E-state index in [9.17, 15) is 19.8 Å². The molecule has 0 spiro atoms. The number of carbonyl (C=O) groups is 2. The van der Waals surface area contributed by atoms with E-state index in [-0.39, 0.29) is 42.2 Å². The van der Waals surface area contributed by atoms with Crippen molar-refractivity contribution in [2.45, 2.75) is 110 Å². The number of allylic oxidation sites excluding steroid dienone is 1. The van der Waals surface area contributed by atoms with Gasteiger partial charge in [0.2, 0.25) is 0 Å². The van der Waals surface area contributed by atoms with Crippen LogP contribution < -0.4 is 0 Å². The van der Waals surface area contributed by atoms with Gasteiger partial charge in [0.25, 0.3) is 0 Å². The molecule has 0 radical (unpaired) electrons. The third kappa shape index (κ3) is 6.00. The standard InChI is InChI=1S/C28H44O7/c1-7-9-23(31)33-15-18(5)19-11-10-16(3)24-22-14-17(4)21(30)12-13-28(6,26(34-22)25(19)24)35-27(32)20(29)8-2/h10,18-22,24-26,29-30H,4,7-9,11-15H2,1-3,5-6H3/t18-,19+,20+,21-,22+,24+,25+,26+,28+/m0/s1. The molecule has 35 heavy (non-hydrogen) atoms. The molecule has 0 saturated carbocycles. The quantitative estimate of drug-likeness (QED) is 0.388. The summed E-state index contributed by atoms with van der Waals surface area (Å²) in [6, 6.07) is 0. The first kappa shape index (κ1) is 27.9. The predicted octanol–water partition coefficient (Wildman–Crippen LogP) is 4.11. The Bertz CT molecular complexity index is 820. The average molecular weight is 493 g/mol. The molecule has 3 rings (SSSR count). The molecule has 2 fully saturated rings. The molecule has 2 heterocycles. The van der Waals surface area contributed by atoms with Gasteiger partial charge in [-0.1, -0.05) is 39.0 Å². The highest BCUT2D eigenvalue weighted by atomic mass is 16.6. The van der Waals surface area contributed by atoms with E-state index >= 15 is 0 Å². The highest BCUT2D eigenvalue weighted by Gasteiger charge is 2.58. The van der Waals surface area contributed by atoms with Gasteiger partial charge < -0.3 is 24.4 Å². The minimum atomic E-state index is -1.20. The molecular formula is C28H44O7. The molecule has 0 amide bonds. The van der Waals surface area contributed by atoms with E-state index in [0.29, 0.717) is 32.3 Å². The molecule has 0 aromatic carbocycles. The highest BCUT2D eigenvalue weighted by molar-refractivity contribution is 5.74. The van der Waals surface area contributed by atoms with Gasteiger partial charge in [-0.15, -0.1) is 0 Å². The predicted molar refractivity (Wildman–Crippen MR) is 132 cm³/mol. The van der Waals surface area contributed by atoms with Crippen molar-refractivity contribution in [3.8, 4) is 0 Å². The fourth-order valence-electron chi connectivity index (χ4n) is 6.20. The highest BCUT2D eigenvalue weighted by Crippen LogP contribution is 2.54. The fraction of sp³-hybridized carbons (Fsp3) is 0.786. The maximum atomic E-state index is 12.8. The SMILES string of the molecule is C=C1C[C@H]2O[C@H]([C@@H]3[C@@H]([C@@H](C)COC(=O)CCC)CC=C(C)[C@@H]32)[C@](C)(OC(=O)[C@H](O)CC)CC[C@@H]1O. The summed E-state index contributed by atoms with van der Waals surface area (Å²) >= 11 is 0. The van der Waals surface area contributed by atoms with Crippen molar-refractivity contribution in [3.05, 3.63) is 23.8 Å². The van der Waals surface area contributed by atoms with Gasteiger partial charge >= 0.3 is 11.9 Å². The van der Waals surface area contributed by atoms with Crippen LogP contribution in [0.4, 0.5) is 0 Å². The minimum Gasteiger partial charge on any atom is -0.465 e. The third-order valence-corrected chi connectivity index (χ3v) is 8.35. The van der Waals surface area contributed by atoms with Gasteiger partial charge in [0, 0.05) is 18.3 Å². The van der Waals surface area contributed by atoms with Crippen LogP contribution in [0.1, 0.15) is 79.6 Å². The van der Waals surface area contributed by atoms with Crippen LogP contribution in [0.3, 0.4) is 0 Å². The second-order valence-electron chi connectivity index (χ2n) is 11.0. The number of fused-ring (bicyclic) bond motifs is 5. The summed E-state index contributed by atoms with van der Waals surface area (Å²) < 4.78 is 18.3. The topological polar surface area (TPSA) is 102 Å². The van der Waals surface area contributed by atoms with E-state index in [4.69, 9.17) is 14.2 Å². The van der Waals surface area contributed by atoms with Crippen LogP contribution in [0.15, 0.2) is 23.8 Å². The molecule has 1 aliphatic carbocycles. The summed E-state index contributed by atoms with van der Waals surface area (Å²) in [7, 11) is 0. The number of esters is 2. The summed E-state index contributed by atoms with van der Waals surface area (Å²) in [5.41, 5.74) is 0.944. The summed E-state index contributed by atoms with van der Waals surface area (Å²) in [6.45, 7) is 14.3. The van der Waals surface area contributed by atoms with Crippen molar-refractivity contribution in [3.63, 3.8) is 0 Å². The van der Waals surface area contributed by atoms with E-state index in [1.807, 2.05) is 13.8 Å². The van der Waals surface area contributed by atoms with Gasteiger partial charge in [0.15, 0.2) is 6.10 Å². The molecule has 9 atom stereocenters. The number of ether oxygens (including phenoxy) is 3. The normalized spacial score (nSPS) is 36.7. The molecule has 7 heteroatoms. The molecule has 2 saturated heterocycles. The molecule has 7 nitrogen and oxygen atoms in total. The molecule has 2 N–H and O–H groups in total. The van der Waals surface area contributed by atoms with Crippen molar-refractivity contribution in [2.75, 3.05) is 6.61 Å².